The number of fused-ring (bicyclic) bond motifs is 1. The minimum Gasteiger partial charge on any atom is -0.396 e. The third kappa shape index (κ3) is 5.92. The van der Waals surface area contributed by atoms with Crippen molar-refractivity contribution in [2.24, 2.45) is 0 Å². The highest BCUT2D eigenvalue weighted by Crippen LogP contribution is 2.20. The standard InChI is InChI=1S/C27H27N3O3S/c31-17-9-16-30-26(33)23-14-7-8-15-24(23)28-27(30)34-20-25(32)29(18-21-10-3-1-4-11-21)19-22-12-5-2-6-13-22/h1-8,10-15,31H,9,16-20H2. The molecule has 0 unspecified atom stereocenters. The zero-order valence-corrected chi connectivity index (χ0v) is 19.7. The molecular weight excluding hydrogens is 446 g/mol. The predicted octanol–water partition coefficient (Wildman–Crippen LogP) is 4.10. The van der Waals surface area contributed by atoms with Gasteiger partial charge in [-0.3, -0.25) is 14.2 Å². The summed E-state index contributed by atoms with van der Waals surface area (Å²) in [5.74, 6) is 0.123. The van der Waals surface area contributed by atoms with Crippen LogP contribution in [-0.2, 0) is 24.4 Å². The fraction of sp³-hybridized carbons (Fsp3) is 0.222. The molecule has 4 aromatic rings. The number of rotatable bonds is 10. The number of benzene rings is 3. The highest BCUT2D eigenvalue weighted by atomic mass is 32.2. The summed E-state index contributed by atoms with van der Waals surface area (Å²) in [4.78, 5) is 32.9. The van der Waals surface area contributed by atoms with Crippen LogP contribution >= 0.6 is 11.8 Å². The number of amides is 1. The molecule has 7 heteroatoms. The van der Waals surface area contributed by atoms with Crippen LogP contribution in [0.2, 0.25) is 0 Å². The predicted molar refractivity (Wildman–Crippen MR) is 136 cm³/mol. The second-order valence-corrected chi connectivity index (χ2v) is 8.90. The molecule has 0 bridgehead atoms. The maximum absolute atomic E-state index is 13.3. The molecule has 0 aliphatic carbocycles. The molecule has 1 N–H and O–H groups in total. The number of carbonyl (C=O) groups is 1. The van der Waals surface area contributed by atoms with Gasteiger partial charge in [-0.2, -0.15) is 0 Å². The number of nitrogens with zero attached hydrogens (tertiary/aromatic N) is 3. The Morgan fingerprint density at radius 1 is 0.882 bits per heavy atom. The Bertz CT molecular complexity index is 1250. The van der Waals surface area contributed by atoms with Crippen LogP contribution < -0.4 is 5.56 Å². The van der Waals surface area contributed by atoms with Gasteiger partial charge in [-0.25, -0.2) is 4.98 Å². The molecule has 0 saturated heterocycles. The van der Waals surface area contributed by atoms with Crippen LogP contribution in [0, 0.1) is 0 Å². The lowest BCUT2D eigenvalue weighted by molar-refractivity contribution is -0.129. The summed E-state index contributed by atoms with van der Waals surface area (Å²) in [5, 5.41) is 10.3. The lowest BCUT2D eigenvalue weighted by Crippen LogP contribution is -2.32. The number of aliphatic hydroxyl groups is 1. The van der Waals surface area contributed by atoms with Crippen molar-refractivity contribution in [1.29, 1.82) is 0 Å². The summed E-state index contributed by atoms with van der Waals surface area (Å²) in [6, 6.07) is 27.0. The number of aliphatic hydroxyl groups excluding tert-OH is 1. The van der Waals surface area contributed by atoms with Gasteiger partial charge < -0.3 is 10.0 Å². The molecule has 34 heavy (non-hydrogen) atoms. The Balaban J connectivity index is 1.57. The van der Waals surface area contributed by atoms with E-state index in [1.807, 2.05) is 77.7 Å². The molecule has 1 amide bonds. The van der Waals surface area contributed by atoms with Gasteiger partial charge in [0.2, 0.25) is 5.91 Å². The zero-order valence-electron chi connectivity index (χ0n) is 18.8. The first-order chi connectivity index (χ1) is 16.7. The summed E-state index contributed by atoms with van der Waals surface area (Å²) >= 11 is 1.26. The van der Waals surface area contributed by atoms with Crippen molar-refractivity contribution in [3.63, 3.8) is 0 Å². The topological polar surface area (TPSA) is 75.4 Å². The first-order valence-electron chi connectivity index (χ1n) is 11.2. The van der Waals surface area contributed by atoms with E-state index >= 15 is 0 Å². The number of aromatic nitrogens is 2. The molecular formula is C27H27N3O3S. The van der Waals surface area contributed by atoms with E-state index < -0.39 is 0 Å². The van der Waals surface area contributed by atoms with Crippen LogP contribution in [-0.4, -0.2) is 37.8 Å². The van der Waals surface area contributed by atoms with E-state index in [1.165, 1.54) is 11.8 Å². The maximum atomic E-state index is 13.3. The van der Waals surface area contributed by atoms with Crippen molar-refractivity contribution in [3.05, 3.63) is 106 Å². The van der Waals surface area contributed by atoms with E-state index in [2.05, 4.69) is 4.98 Å². The Labute approximate surface area is 202 Å². The number of hydrogen-bond donors (Lipinski definition) is 1. The Kier molecular flexibility index (Phi) is 8.12. The van der Waals surface area contributed by atoms with E-state index in [4.69, 9.17) is 0 Å². The Hall–Kier alpha value is -3.42. The molecule has 1 heterocycles. The first-order valence-corrected chi connectivity index (χ1v) is 12.2. The molecule has 0 aliphatic rings. The van der Waals surface area contributed by atoms with Crippen molar-refractivity contribution >= 4 is 28.6 Å². The Morgan fingerprint density at radius 2 is 1.47 bits per heavy atom. The summed E-state index contributed by atoms with van der Waals surface area (Å²) < 4.78 is 1.56. The van der Waals surface area contributed by atoms with E-state index in [9.17, 15) is 14.7 Å². The highest BCUT2D eigenvalue weighted by Gasteiger charge is 2.18. The van der Waals surface area contributed by atoms with Gasteiger partial charge in [-0.05, 0) is 29.7 Å². The van der Waals surface area contributed by atoms with Crippen LogP contribution in [0.25, 0.3) is 10.9 Å². The van der Waals surface area contributed by atoms with Crippen LogP contribution in [0.1, 0.15) is 17.5 Å². The number of hydrogen-bond acceptors (Lipinski definition) is 5. The average Bonchev–Trinajstić information content (AvgIpc) is 2.88. The van der Waals surface area contributed by atoms with Crippen LogP contribution in [0.15, 0.2) is 94.9 Å². The average molecular weight is 474 g/mol. The van der Waals surface area contributed by atoms with E-state index in [-0.39, 0.29) is 23.8 Å². The second kappa shape index (κ2) is 11.6. The number of thioether (sulfide) groups is 1. The van der Waals surface area contributed by atoms with Crippen molar-refractivity contribution in [2.45, 2.75) is 31.2 Å². The van der Waals surface area contributed by atoms with Crippen molar-refractivity contribution in [1.82, 2.24) is 14.5 Å². The van der Waals surface area contributed by atoms with Crippen molar-refractivity contribution in [3.8, 4) is 0 Å². The third-order valence-electron chi connectivity index (χ3n) is 5.48. The smallest absolute Gasteiger partial charge is 0.262 e. The monoisotopic (exact) mass is 473 g/mol. The van der Waals surface area contributed by atoms with Crippen LogP contribution in [0.4, 0.5) is 0 Å². The minimum atomic E-state index is -0.153. The van der Waals surface area contributed by atoms with Crippen molar-refractivity contribution < 1.29 is 9.90 Å². The SMILES string of the molecule is O=C(CSc1nc2ccccc2c(=O)n1CCCO)N(Cc1ccccc1)Cc1ccccc1. The first kappa shape index (κ1) is 23.7. The molecule has 0 saturated carbocycles. The summed E-state index contributed by atoms with van der Waals surface area (Å²) in [6.07, 6.45) is 0.440. The summed E-state index contributed by atoms with van der Waals surface area (Å²) in [7, 11) is 0. The molecule has 4 rings (SSSR count). The summed E-state index contributed by atoms with van der Waals surface area (Å²) in [5.41, 5.74) is 2.56. The molecule has 0 spiro atoms. The quantitative estimate of drug-likeness (QED) is 0.277. The molecule has 3 aromatic carbocycles. The minimum absolute atomic E-state index is 0.0236. The lowest BCUT2D eigenvalue weighted by Gasteiger charge is -2.23. The van der Waals surface area contributed by atoms with Crippen LogP contribution in [0.5, 0.6) is 0 Å². The summed E-state index contributed by atoms with van der Waals surface area (Å²) in [6.45, 7) is 1.32. The van der Waals surface area contributed by atoms with Crippen molar-refractivity contribution in [2.75, 3.05) is 12.4 Å². The number of para-hydroxylation sites is 1. The van der Waals surface area contributed by atoms with E-state index in [1.54, 1.807) is 16.7 Å². The van der Waals surface area contributed by atoms with Gasteiger partial charge in [-0.1, -0.05) is 84.6 Å². The van der Waals surface area contributed by atoms with Gasteiger partial charge in [0, 0.05) is 26.2 Å². The van der Waals surface area contributed by atoms with Gasteiger partial charge >= 0.3 is 0 Å². The fourth-order valence-electron chi connectivity index (χ4n) is 3.74. The largest absolute Gasteiger partial charge is 0.396 e. The number of carbonyl (C=O) groups excluding carboxylic acids is 1. The Morgan fingerprint density at radius 3 is 2.09 bits per heavy atom. The van der Waals surface area contributed by atoms with Crippen LogP contribution in [0.3, 0.4) is 0 Å². The van der Waals surface area contributed by atoms with Gasteiger partial charge in [0.15, 0.2) is 5.16 Å². The molecule has 0 radical (unpaired) electrons. The van der Waals surface area contributed by atoms with E-state index in [0.717, 1.165) is 11.1 Å². The molecule has 1 aromatic heterocycles. The normalized spacial score (nSPS) is 11.0. The van der Waals surface area contributed by atoms with Gasteiger partial charge in [0.05, 0.1) is 16.7 Å². The van der Waals surface area contributed by atoms with Gasteiger partial charge in [-0.15, -0.1) is 0 Å². The molecule has 0 atom stereocenters. The van der Waals surface area contributed by atoms with Gasteiger partial charge in [0.1, 0.15) is 0 Å². The molecule has 6 nitrogen and oxygen atoms in total. The second-order valence-electron chi connectivity index (χ2n) is 7.96. The third-order valence-corrected chi connectivity index (χ3v) is 6.44. The molecule has 174 valence electrons. The molecule has 0 fully saturated rings. The van der Waals surface area contributed by atoms with Gasteiger partial charge in [0.25, 0.3) is 5.56 Å². The maximum Gasteiger partial charge on any atom is 0.262 e. The zero-order chi connectivity index (χ0) is 23.8. The lowest BCUT2D eigenvalue weighted by atomic mass is 10.1. The fourth-order valence-corrected chi connectivity index (χ4v) is 4.67. The molecule has 0 aliphatic heterocycles. The highest BCUT2D eigenvalue weighted by molar-refractivity contribution is 7.99. The van der Waals surface area contributed by atoms with E-state index in [0.29, 0.717) is 42.1 Å².